The molecule has 1 aliphatic rings. The molecule has 6 nitrogen and oxygen atoms in total. The fraction of sp³-hybridized carbons (Fsp3) is 0.286. The SMILES string of the molecule is C=CCNCC(=O)Nc1ccc(N2CCNC2=O)cc1. The van der Waals surface area contributed by atoms with Gasteiger partial charge in [-0.1, -0.05) is 6.08 Å². The van der Waals surface area contributed by atoms with Crippen LogP contribution in [0.2, 0.25) is 0 Å². The van der Waals surface area contributed by atoms with E-state index in [1.807, 2.05) is 12.1 Å². The topological polar surface area (TPSA) is 73.5 Å². The second-order valence-electron chi connectivity index (χ2n) is 4.40. The lowest BCUT2D eigenvalue weighted by Gasteiger charge is -2.14. The summed E-state index contributed by atoms with van der Waals surface area (Å²) in [5, 5.41) is 8.45. The van der Waals surface area contributed by atoms with Crippen LogP contribution < -0.4 is 20.9 Å². The van der Waals surface area contributed by atoms with Gasteiger partial charge in [-0.3, -0.25) is 9.69 Å². The van der Waals surface area contributed by atoms with Gasteiger partial charge in [-0.15, -0.1) is 6.58 Å². The van der Waals surface area contributed by atoms with E-state index < -0.39 is 0 Å². The molecule has 1 aromatic rings. The summed E-state index contributed by atoms with van der Waals surface area (Å²) in [5.74, 6) is -0.112. The summed E-state index contributed by atoms with van der Waals surface area (Å²) in [7, 11) is 0. The predicted octanol–water partition coefficient (Wildman–Crippen LogP) is 0.930. The average Bonchev–Trinajstić information content (AvgIpc) is 2.86. The number of anilines is 2. The predicted molar refractivity (Wildman–Crippen MR) is 78.9 cm³/mol. The van der Waals surface area contributed by atoms with Crippen molar-refractivity contribution < 1.29 is 9.59 Å². The molecule has 0 spiro atoms. The van der Waals surface area contributed by atoms with Crippen LogP contribution >= 0.6 is 0 Å². The van der Waals surface area contributed by atoms with E-state index in [9.17, 15) is 9.59 Å². The van der Waals surface area contributed by atoms with E-state index in [4.69, 9.17) is 0 Å². The summed E-state index contributed by atoms with van der Waals surface area (Å²) in [6.07, 6.45) is 1.70. The number of benzene rings is 1. The van der Waals surface area contributed by atoms with Crippen LogP contribution in [0.15, 0.2) is 36.9 Å². The number of urea groups is 1. The molecule has 3 amide bonds. The minimum Gasteiger partial charge on any atom is -0.336 e. The van der Waals surface area contributed by atoms with Crippen molar-refractivity contribution in [1.82, 2.24) is 10.6 Å². The zero-order chi connectivity index (χ0) is 14.4. The highest BCUT2D eigenvalue weighted by Crippen LogP contribution is 2.19. The largest absolute Gasteiger partial charge is 0.336 e. The number of carbonyl (C=O) groups is 2. The Morgan fingerprint density at radius 3 is 2.75 bits per heavy atom. The Morgan fingerprint density at radius 1 is 1.40 bits per heavy atom. The van der Waals surface area contributed by atoms with E-state index in [0.717, 1.165) is 5.69 Å². The lowest BCUT2D eigenvalue weighted by atomic mass is 10.2. The number of rotatable bonds is 6. The van der Waals surface area contributed by atoms with Crippen molar-refractivity contribution in [3.63, 3.8) is 0 Å². The summed E-state index contributed by atoms with van der Waals surface area (Å²) < 4.78 is 0. The van der Waals surface area contributed by atoms with Crippen molar-refractivity contribution in [1.29, 1.82) is 0 Å². The van der Waals surface area contributed by atoms with Gasteiger partial charge in [0, 0.05) is 31.0 Å². The van der Waals surface area contributed by atoms with Crippen LogP contribution in [-0.4, -0.2) is 38.1 Å². The van der Waals surface area contributed by atoms with Crippen molar-refractivity contribution in [2.24, 2.45) is 0 Å². The highest BCUT2D eigenvalue weighted by atomic mass is 16.2. The Balaban J connectivity index is 1.89. The first-order valence-electron chi connectivity index (χ1n) is 6.47. The van der Waals surface area contributed by atoms with Crippen molar-refractivity contribution in [2.75, 3.05) is 36.4 Å². The number of hydrogen-bond acceptors (Lipinski definition) is 3. The van der Waals surface area contributed by atoms with Crippen LogP contribution in [0.1, 0.15) is 0 Å². The van der Waals surface area contributed by atoms with E-state index in [1.54, 1.807) is 23.1 Å². The van der Waals surface area contributed by atoms with Crippen LogP contribution in [0.5, 0.6) is 0 Å². The Bertz CT molecular complexity index is 498. The smallest absolute Gasteiger partial charge is 0.321 e. The average molecular weight is 274 g/mol. The fourth-order valence-corrected chi connectivity index (χ4v) is 1.94. The molecule has 6 heteroatoms. The van der Waals surface area contributed by atoms with Crippen molar-refractivity contribution in [2.45, 2.75) is 0 Å². The first-order chi connectivity index (χ1) is 9.70. The third kappa shape index (κ3) is 3.58. The molecule has 1 aromatic carbocycles. The molecule has 1 heterocycles. The van der Waals surface area contributed by atoms with Crippen LogP contribution in [0.3, 0.4) is 0 Å². The van der Waals surface area contributed by atoms with Gasteiger partial charge in [0.05, 0.1) is 6.54 Å². The second-order valence-corrected chi connectivity index (χ2v) is 4.40. The Hall–Kier alpha value is -2.34. The highest BCUT2D eigenvalue weighted by molar-refractivity contribution is 5.95. The van der Waals surface area contributed by atoms with Crippen molar-refractivity contribution >= 4 is 23.3 Å². The van der Waals surface area contributed by atoms with Gasteiger partial charge < -0.3 is 16.0 Å². The monoisotopic (exact) mass is 274 g/mol. The Morgan fingerprint density at radius 2 is 2.15 bits per heavy atom. The Kier molecular flexibility index (Phi) is 4.73. The first kappa shape index (κ1) is 14.1. The second kappa shape index (κ2) is 6.72. The normalized spacial score (nSPS) is 14.0. The van der Waals surface area contributed by atoms with Crippen LogP contribution in [0, 0.1) is 0 Å². The van der Waals surface area contributed by atoms with Gasteiger partial charge in [0.15, 0.2) is 0 Å². The molecule has 1 aliphatic heterocycles. The van der Waals surface area contributed by atoms with Gasteiger partial charge in [0.25, 0.3) is 0 Å². The molecule has 1 saturated heterocycles. The molecule has 0 aliphatic carbocycles. The molecule has 3 N–H and O–H groups in total. The lowest BCUT2D eigenvalue weighted by Crippen LogP contribution is -2.28. The zero-order valence-corrected chi connectivity index (χ0v) is 11.2. The van der Waals surface area contributed by atoms with E-state index in [2.05, 4.69) is 22.5 Å². The summed E-state index contributed by atoms with van der Waals surface area (Å²) in [4.78, 5) is 24.8. The van der Waals surface area contributed by atoms with Gasteiger partial charge in [-0.2, -0.15) is 0 Å². The maximum absolute atomic E-state index is 11.6. The molecule has 1 fully saturated rings. The lowest BCUT2D eigenvalue weighted by molar-refractivity contribution is -0.115. The maximum atomic E-state index is 11.6. The summed E-state index contributed by atoms with van der Waals surface area (Å²) in [6.45, 7) is 5.72. The van der Waals surface area contributed by atoms with Gasteiger partial charge >= 0.3 is 6.03 Å². The molecule has 0 atom stereocenters. The van der Waals surface area contributed by atoms with Crippen molar-refractivity contribution in [3.8, 4) is 0 Å². The highest BCUT2D eigenvalue weighted by Gasteiger charge is 2.20. The summed E-state index contributed by atoms with van der Waals surface area (Å²) in [6, 6.07) is 7.11. The quantitative estimate of drug-likeness (QED) is 0.534. The zero-order valence-electron chi connectivity index (χ0n) is 11.2. The summed E-state index contributed by atoms with van der Waals surface area (Å²) in [5.41, 5.74) is 1.53. The van der Waals surface area contributed by atoms with Crippen LogP contribution in [0.25, 0.3) is 0 Å². The third-order valence-electron chi connectivity index (χ3n) is 2.89. The molecule has 0 bridgehead atoms. The van der Waals surface area contributed by atoms with E-state index >= 15 is 0 Å². The maximum Gasteiger partial charge on any atom is 0.321 e. The van der Waals surface area contributed by atoms with Gasteiger partial charge in [0.1, 0.15) is 0 Å². The van der Waals surface area contributed by atoms with Crippen molar-refractivity contribution in [3.05, 3.63) is 36.9 Å². The number of carbonyl (C=O) groups excluding carboxylic acids is 2. The number of nitrogens with one attached hydrogen (secondary N) is 3. The van der Waals surface area contributed by atoms with E-state index in [1.165, 1.54) is 0 Å². The standard InChI is InChI=1S/C14H18N4O2/c1-2-7-15-10-13(19)17-11-3-5-12(6-4-11)18-9-8-16-14(18)20/h2-6,15H,1,7-10H2,(H,16,20)(H,17,19). The van der Waals surface area contributed by atoms with E-state index in [-0.39, 0.29) is 18.5 Å². The molecular weight excluding hydrogens is 256 g/mol. The Labute approximate surface area is 117 Å². The third-order valence-corrected chi connectivity index (χ3v) is 2.89. The van der Waals surface area contributed by atoms with Crippen LogP contribution in [-0.2, 0) is 4.79 Å². The molecule has 0 aromatic heterocycles. The minimum absolute atomic E-state index is 0.0876. The first-order valence-corrected chi connectivity index (χ1v) is 6.47. The molecule has 106 valence electrons. The van der Waals surface area contributed by atoms with Gasteiger partial charge in [-0.05, 0) is 24.3 Å². The number of hydrogen-bond donors (Lipinski definition) is 3. The van der Waals surface area contributed by atoms with E-state index in [0.29, 0.717) is 25.3 Å². The number of nitrogens with zero attached hydrogens (tertiary/aromatic N) is 1. The van der Waals surface area contributed by atoms with Gasteiger partial charge in [-0.25, -0.2) is 4.79 Å². The molecule has 0 radical (unpaired) electrons. The van der Waals surface area contributed by atoms with Crippen LogP contribution in [0.4, 0.5) is 16.2 Å². The molecule has 2 rings (SSSR count). The molecule has 0 unspecified atom stereocenters. The molecule has 20 heavy (non-hydrogen) atoms. The summed E-state index contributed by atoms with van der Waals surface area (Å²) >= 11 is 0. The molecule has 0 saturated carbocycles. The minimum atomic E-state index is -0.112. The number of amides is 3. The molecular formula is C14H18N4O2. The fourth-order valence-electron chi connectivity index (χ4n) is 1.94. The van der Waals surface area contributed by atoms with Gasteiger partial charge in [0.2, 0.25) is 5.91 Å².